The van der Waals surface area contributed by atoms with Crippen LogP contribution >= 0.6 is 15.9 Å². The summed E-state index contributed by atoms with van der Waals surface area (Å²) in [5.74, 6) is 1.30. The summed E-state index contributed by atoms with van der Waals surface area (Å²) in [7, 11) is 0. The molecule has 2 aromatic carbocycles. The molecule has 2 aromatic rings. The Morgan fingerprint density at radius 3 is 2.50 bits per heavy atom. The summed E-state index contributed by atoms with van der Waals surface area (Å²) >= 11 is 3.37. The zero-order valence-corrected chi connectivity index (χ0v) is 11.6. The van der Waals surface area contributed by atoms with Crippen molar-refractivity contribution in [3.63, 3.8) is 0 Å². The minimum Gasteiger partial charge on any atom is -0.456 e. The lowest BCUT2D eigenvalue weighted by molar-refractivity contribution is 0.480. The number of nitrogens with zero attached hydrogens (tertiary/aromatic N) is 1. The highest BCUT2D eigenvalue weighted by atomic mass is 79.9. The van der Waals surface area contributed by atoms with E-state index in [2.05, 4.69) is 28.9 Å². The fraction of sp³-hybridized carbons (Fsp3) is 0.133. The first kappa shape index (κ1) is 12.7. The first-order valence-corrected chi connectivity index (χ1v) is 6.48. The molecule has 0 N–H and O–H groups in total. The summed E-state index contributed by atoms with van der Waals surface area (Å²) < 4.78 is 6.62. The van der Waals surface area contributed by atoms with E-state index >= 15 is 0 Å². The SMILES string of the molecule is CCc1ccc(Oc2cc(Br)ccc2C#N)cc1. The fourth-order valence-corrected chi connectivity index (χ4v) is 1.93. The van der Waals surface area contributed by atoms with Crippen molar-refractivity contribution in [2.45, 2.75) is 13.3 Å². The van der Waals surface area contributed by atoms with Crippen LogP contribution in [0.2, 0.25) is 0 Å². The predicted molar refractivity (Wildman–Crippen MR) is 74.8 cm³/mol. The Morgan fingerprint density at radius 2 is 1.89 bits per heavy atom. The molecule has 0 unspecified atom stereocenters. The van der Waals surface area contributed by atoms with Gasteiger partial charge in [-0.15, -0.1) is 0 Å². The van der Waals surface area contributed by atoms with E-state index in [9.17, 15) is 0 Å². The minimum atomic E-state index is 0.526. The van der Waals surface area contributed by atoms with Gasteiger partial charge in [-0.1, -0.05) is 35.0 Å². The molecule has 0 bridgehead atoms. The zero-order chi connectivity index (χ0) is 13.0. The molecule has 0 aliphatic rings. The Labute approximate surface area is 115 Å². The monoisotopic (exact) mass is 301 g/mol. The first-order valence-electron chi connectivity index (χ1n) is 5.69. The average molecular weight is 302 g/mol. The van der Waals surface area contributed by atoms with Gasteiger partial charge in [-0.25, -0.2) is 0 Å². The number of ether oxygens (including phenoxy) is 1. The van der Waals surface area contributed by atoms with Crippen molar-refractivity contribution in [2.24, 2.45) is 0 Å². The summed E-state index contributed by atoms with van der Waals surface area (Å²) in [6.45, 7) is 2.11. The predicted octanol–water partition coefficient (Wildman–Crippen LogP) is 4.68. The Kier molecular flexibility index (Phi) is 4.01. The third-order valence-corrected chi connectivity index (χ3v) is 3.12. The molecule has 0 saturated carbocycles. The lowest BCUT2D eigenvalue weighted by Gasteiger charge is -2.08. The van der Waals surface area contributed by atoms with Crippen LogP contribution in [0.4, 0.5) is 0 Å². The minimum absolute atomic E-state index is 0.526. The van der Waals surface area contributed by atoms with Crippen LogP contribution in [0, 0.1) is 11.3 Å². The second-order valence-electron chi connectivity index (χ2n) is 3.85. The average Bonchev–Trinajstić information content (AvgIpc) is 2.40. The normalized spacial score (nSPS) is 9.83. The zero-order valence-electron chi connectivity index (χ0n) is 9.98. The maximum Gasteiger partial charge on any atom is 0.146 e. The van der Waals surface area contributed by atoms with E-state index in [0.717, 1.165) is 16.6 Å². The van der Waals surface area contributed by atoms with E-state index < -0.39 is 0 Å². The number of halogens is 1. The van der Waals surface area contributed by atoms with Crippen LogP contribution in [0.15, 0.2) is 46.9 Å². The van der Waals surface area contributed by atoms with Crippen molar-refractivity contribution in [1.82, 2.24) is 0 Å². The van der Waals surface area contributed by atoms with Gasteiger partial charge in [0.15, 0.2) is 0 Å². The van der Waals surface area contributed by atoms with Gasteiger partial charge in [-0.05, 0) is 42.3 Å². The molecule has 90 valence electrons. The highest BCUT2D eigenvalue weighted by Gasteiger charge is 2.05. The van der Waals surface area contributed by atoms with Gasteiger partial charge in [-0.2, -0.15) is 5.26 Å². The molecule has 3 heteroatoms. The highest BCUT2D eigenvalue weighted by molar-refractivity contribution is 9.10. The molecule has 0 spiro atoms. The third-order valence-electron chi connectivity index (χ3n) is 2.62. The summed E-state index contributed by atoms with van der Waals surface area (Å²) in [4.78, 5) is 0. The van der Waals surface area contributed by atoms with E-state index in [4.69, 9.17) is 10.00 Å². The van der Waals surface area contributed by atoms with Gasteiger partial charge >= 0.3 is 0 Å². The smallest absolute Gasteiger partial charge is 0.146 e. The van der Waals surface area contributed by atoms with Gasteiger partial charge < -0.3 is 4.74 Å². The van der Waals surface area contributed by atoms with Crippen LogP contribution in [0.25, 0.3) is 0 Å². The van der Waals surface area contributed by atoms with E-state index in [1.807, 2.05) is 30.3 Å². The fourth-order valence-electron chi connectivity index (χ4n) is 1.59. The molecule has 0 aliphatic carbocycles. The highest BCUT2D eigenvalue weighted by Crippen LogP contribution is 2.28. The van der Waals surface area contributed by atoms with E-state index in [1.54, 1.807) is 12.1 Å². The molecule has 2 nitrogen and oxygen atoms in total. The van der Waals surface area contributed by atoms with Crippen molar-refractivity contribution < 1.29 is 4.74 Å². The first-order chi connectivity index (χ1) is 8.72. The van der Waals surface area contributed by atoms with E-state index in [-0.39, 0.29) is 0 Å². The van der Waals surface area contributed by atoms with Gasteiger partial charge in [0.1, 0.15) is 17.6 Å². The Balaban J connectivity index is 2.27. The molecule has 18 heavy (non-hydrogen) atoms. The summed E-state index contributed by atoms with van der Waals surface area (Å²) in [6.07, 6.45) is 1.00. The second kappa shape index (κ2) is 5.70. The Morgan fingerprint density at radius 1 is 1.17 bits per heavy atom. The Bertz CT molecular complexity index is 584. The molecule has 0 aliphatic heterocycles. The van der Waals surface area contributed by atoms with Crippen molar-refractivity contribution in [3.8, 4) is 17.6 Å². The topological polar surface area (TPSA) is 33.0 Å². The van der Waals surface area contributed by atoms with Crippen LogP contribution in [0.3, 0.4) is 0 Å². The molecule has 0 atom stereocenters. The molecule has 0 saturated heterocycles. The molecule has 0 radical (unpaired) electrons. The number of benzene rings is 2. The maximum atomic E-state index is 9.02. The number of rotatable bonds is 3. The molecule has 2 rings (SSSR count). The quantitative estimate of drug-likeness (QED) is 0.825. The number of aryl methyl sites for hydroxylation is 1. The maximum absolute atomic E-state index is 9.02. The Hall–Kier alpha value is -1.79. The van der Waals surface area contributed by atoms with Crippen molar-refractivity contribution >= 4 is 15.9 Å². The van der Waals surface area contributed by atoms with Crippen LogP contribution in [0.5, 0.6) is 11.5 Å². The molecule has 0 amide bonds. The van der Waals surface area contributed by atoms with Gasteiger partial charge in [0.05, 0.1) is 5.56 Å². The summed E-state index contributed by atoms with van der Waals surface area (Å²) in [6, 6.07) is 15.4. The third kappa shape index (κ3) is 2.91. The van der Waals surface area contributed by atoms with Crippen LogP contribution < -0.4 is 4.74 Å². The lowest BCUT2D eigenvalue weighted by Crippen LogP contribution is -1.89. The number of hydrogen-bond acceptors (Lipinski definition) is 2. The van der Waals surface area contributed by atoms with Crippen molar-refractivity contribution in [3.05, 3.63) is 58.1 Å². The number of nitriles is 1. The largest absolute Gasteiger partial charge is 0.456 e. The van der Waals surface area contributed by atoms with Crippen LogP contribution in [-0.4, -0.2) is 0 Å². The molecule has 0 fully saturated rings. The van der Waals surface area contributed by atoms with Crippen molar-refractivity contribution in [2.75, 3.05) is 0 Å². The van der Waals surface area contributed by atoms with E-state index in [0.29, 0.717) is 11.3 Å². The summed E-state index contributed by atoms with van der Waals surface area (Å²) in [5, 5.41) is 9.02. The van der Waals surface area contributed by atoms with Gasteiger partial charge in [0.2, 0.25) is 0 Å². The molecular weight excluding hydrogens is 290 g/mol. The molecule has 0 aromatic heterocycles. The van der Waals surface area contributed by atoms with Gasteiger partial charge in [0, 0.05) is 4.47 Å². The van der Waals surface area contributed by atoms with Crippen LogP contribution in [-0.2, 0) is 6.42 Å². The molecular formula is C15H12BrNO. The van der Waals surface area contributed by atoms with Crippen LogP contribution in [0.1, 0.15) is 18.1 Å². The molecule has 0 heterocycles. The van der Waals surface area contributed by atoms with Gasteiger partial charge in [-0.3, -0.25) is 0 Å². The summed E-state index contributed by atoms with van der Waals surface area (Å²) in [5.41, 5.74) is 1.79. The number of hydrogen-bond donors (Lipinski definition) is 0. The standard InChI is InChI=1S/C15H12BrNO/c1-2-11-3-7-14(8-4-11)18-15-9-13(16)6-5-12(15)10-17/h3-9H,2H2,1H3. The van der Waals surface area contributed by atoms with Crippen molar-refractivity contribution in [1.29, 1.82) is 5.26 Å². The lowest BCUT2D eigenvalue weighted by atomic mass is 10.2. The van der Waals surface area contributed by atoms with Gasteiger partial charge in [0.25, 0.3) is 0 Å². The van der Waals surface area contributed by atoms with E-state index in [1.165, 1.54) is 5.56 Å². The second-order valence-corrected chi connectivity index (χ2v) is 4.77.